The van der Waals surface area contributed by atoms with Crippen molar-refractivity contribution < 1.29 is 9.18 Å². The number of rotatable bonds is 3. The number of carbonyl (C=O) groups is 1. The molecule has 3 heterocycles. The monoisotopic (exact) mass is 437 g/mol. The Hall–Kier alpha value is -3.73. The highest BCUT2D eigenvalue weighted by Crippen LogP contribution is 2.54. The average Bonchev–Trinajstić information content (AvgIpc) is 3.55. The van der Waals surface area contributed by atoms with Crippen LogP contribution in [0.3, 0.4) is 0 Å². The van der Waals surface area contributed by atoms with Crippen molar-refractivity contribution >= 4 is 5.91 Å². The summed E-state index contributed by atoms with van der Waals surface area (Å²) in [6.07, 6.45) is 6.45. The van der Waals surface area contributed by atoms with E-state index in [-0.39, 0.29) is 17.3 Å². The van der Waals surface area contributed by atoms with Crippen LogP contribution in [0.1, 0.15) is 41.5 Å². The van der Waals surface area contributed by atoms with Crippen LogP contribution >= 0.6 is 0 Å². The number of carbonyl (C=O) groups excluding carboxylic acids is 1. The van der Waals surface area contributed by atoms with Gasteiger partial charge in [0.25, 0.3) is 5.91 Å². The highest BCUT2D eigenvalue weighted by Gasteiger charge is 2.53. The lowest BCUT2D eigenvalue weighted by Crippen LogP contribution is -2.36. The van der Waals surface area contributed by atoms with Gasteiger partial charge >= 0.3 is 0 Å². The number of aryl methyl sites for hydroxylation is 1. The quantitative estimate of drug-likeness (QED) is 0.395. The van der Waals surface area contributed by atoms with Crippen LogP contribution in [0.5, 0.6) is 0 Å². The first-order valence-corrected chi connectivity index (χ1v) is 11.4. The van der Waals surface area contributed by atoms with Gasteiger partial charge in [0, 0.05) is 47.4 Å². The van der Waals surface area contributed by atoms with Crippen molar-refractivity contribution in [3.05, 3.63) is 95.8 Å². The minimum atomic E-state index is -0.297. The van der Waals surface area contributed by atoms with Gasteiger partial charge < -0.3 is 9.47 Å². The van der Waals surface area contributed by atoms with E-state index < -0.39 is 0 Å². The summed E-state index contributed by atoms with van der Waals surface area (Å²) in [4.78, 5) is 20.0. The first-order valence-electron chi connectivity index (χ1n) is 11.4. The molecule has 1 fully saturated rings. The maximum absolute atomic E-state index is 14.6. The van der Waals surface area contributed by atoms with Crippen LogP contribution in [-0.2, 0) is 12.0 Å². The normalized spacial score (nSPS) is 15.8. The van der Waals surface area contributed by atoms with E-state index in [1.165, 1.54) is 6.07 Å². The van der Waals surface area contributed by atoms with Crippen molar-refractivity contribution in [3.63, 3.8) is 0 Å². The molecule has 2 aromatic carbocycles. The molecule has 0 unspecified atom stereocenters. The number of halogens is 1. The molecule has 4 aromatic rings. The van der Waals surface area contributed by atoms with Gasteiger partial charge in [0.05, 0.1) is 11.2 Å². The number of nitrogens with zero attached hydrogens (tertiary/aromatic N) is 3. The number of hydrogen-bond donors (Lipinski definition) is 0. The van der Waals surface area contributed by atoms with Crippen LogP contribution in [0, 0.1) is 5.82 Å². The number of hydrogen-bond acceptors (Lipinski definition) is 2. The molecular formula is C28H24FN3O. The van der Waals surface area contributed by atoms with Gasteiger partial charge in [0.15, 0.2) is 0 Å². The molecule has 6 rings (SSSR count). The summed E-state index contributed by atoms with van der Waals surface area (Å²) < 4.78 is 16.5. The molecule has 1 spiro atoms. The summed E-state index contributed by atoms with van der Waals surface area (Å²) in [5.41, 5.74) is 6.80. The Morgan fingerprint density at radius 3 is 2.55 bits per heavy atom. The highest BCUT2D eigenvalue weighted by molar-refractivity contribution is 5.97. The number of amides is 1. The fraction of sp³-hybridized carbons (Fsp3) is 0.214. The minimum absolute atomic E-state index is 0.0385. The molecule has 2 aromatic heterocycles. The Morgan fingerprint density at radius 2 is 1.79 bits per heavy atom. The van der Waals surface area contributed by atoms with Crippen LogP contribution in [0.15, 0.2) is 73.1 Å². The molecule has 4 nitrogen and oxygen atoms in total. The Balaban J connectivity index is 1.61. The van der Waals surface area contributed by atoms with E-state index in [0.29, 0.717) is 16.8 Å². The average molecular weight is 438 g/mol. The SMILES string of the molecule is CCc1ncccc1-c1ccc2c(c1)-n1cc(-c3ccccc3F)cc1C(=O)N(C)C21CC1. The van der Waals surface area contributed by atoms with Gasteiger partial charge in [-0.1, -0.05) is 43.3 Å². The van der Waals surface area contributed by atoms with Gasteiger partial charge in [0.1, 0.15) is 11.5 Å². The lowest BCUT2D eigenvalue weighted by atomic mass is 9.95. The largest absolute Gasteiger partial charge is 0.331 e. The molecule has 1 saturated carbocycles. The molecule has 0 N–H and O–H groups in total. The van der Waals surface area contributed by atoms with Crippen molar-refractivity contribution in [2.24, 2.45) is 0 Å². The van der Waals surface area contributed by atoms with Gasteiger partial charge in [0.2, 0.25) is 0 Å². The Kier molecular flexibility index (Phi) is 4.31. The molecule has 1 aliphatic heterocycles. The molecule has 164 valence electrons. The lowest BCUT2D eigenvalue weighted by Gasteiger charge is -2.27. The third kappa shape index (κ3) is 2.88. The number of aromatic nitrogens is 2. The van der Waals surface area contributed by atoms with Gasteiger partial charge in [-0.15, -0.1) is 0 Å². The van der Waals surface area contributed by atoms with Gasteiger partial charge in [-0.2, -0.15) is 0 Å². The highest BCUT2D eigenvalue weighted by atomic mass is 19.1. The van der Waals surface area contributed by atoms with Crippen molar-refractivity contribution in [2.75, 3.05) is 7.05 Å². The molecule has 5 heteroatoms. The molecule has 33 heavy (non-hydrogen) atoms. The summed E-state index contributed by atoms with van der Waals surface area (Å²) in [5, 5.41) is 0. The zero-order chi connectivity index (χ0) is 22.7. The van der Waals surface area contributed by atoms with E-state index >= 15 is 0 Å². The molecule has 2 aliphatic rings. The molecule has 0 radical (unpaired) electrons. The second-order valence-corrected chi connectivity index (χ2v) is 8.94. The van der Waals surface area contributed by atoms with Crippen molar-refractivity contribution in [2.45, 2.75) is 31.7 Å². The van der Waals surface area contributed by atoms with E-state index in [0.717, 1.165) is 47.3 Å². The smallest absolute Gasteiger partial charge is 0.271 e. The van der Waals surface area contributed by atoms with Crippen molar-refractivity contribution in [1.29, 1.82) is 0 Å². The molecule has 0 atom stereocenters. The predicted molar refractivity (Wildman–Crippen MR) is 127 cm³/mol. The zero-order valence-corrected chi connectivity index (χ0v) is 18.7. The maximum atomic E-state index is 14.6. The second kappa shape index (κ2) is 7.14. The van der Waals surface area contributed by atoms with E-state index in [1.807, 2.05) is 47.1 Å². The van der Waals surface area contributed by atoms with Crippen molar-refractivity contribution in [1.82, 2.24) is 14.5 Å². The van der Waals surface area contributed by atoms with Crippen LogP contribution in [0.25, 0.3) is 27.9 Å². The Labute approximate surface area is 192 Å². The third-order valence-corrected chi connectivity index (χ3v) is 7.19. The second-order valence-electron chi connectivity index (χ2n) is 8.94. The van der Waals surface area contributed by atoms with Gasteiger partial charge in [-0.05, 0) is 49.1 Å². The number of fused-ring (bicyclic) bond motifs is 4. The maximum Gasteiger partial charge on any atom is 0.271 e. The summed E-state index contributed by atoms with van der Waals surface area (Å²) in [5.74, 6) is -0.335. The van der Waals surface area contributed by atoms with E-state index in [4.69, 9.17) is 0 Å². The van der Waals surface area contributed by atoms with Crippen LogP contribution in [0.4, 0.5) is 4.39 Å². The van der Waals surface area contributed by atoms with E-state index in [1.54, 1.807) is 12.1 Å². The third-order valence-electron chi connectivity index (χ3n) is 7.19. The van der Waals surface area contributed by atoms with Crippen LogP contribution in [-0.4, -0.2) is 27.4 Å². The van der Waals surface area contributed by atoms with Gasteiger partial charge in [-0.3, -0.25) is 9.78 Å². The van der Waals surface area contributed by atoms with E-state index in [2.05, 4.69) is 36.2 Å². The first kappa shape index (κ1) is 19.9. The standard InChI is InChI=1S/C28H24FN3O/c1-3-24-21(8-6-14-30-24)18-10-11-22-25(15-18)32-17-19(20-7-4-5-9-23(20)29)16-26(32)27(33)31(2)28(22)12-13-28/h4-11,14-17H,3,12-13H2,1-2H3. The van der Waals surface area contributed by atoms with E-state index in [9.17, 15) is 9.18 Å². The lowest BCUT2D eigenvalue weighted by molar-refractivity contribution is 0.0705. The van der Waals surface area contributed by atoms with Crippen LogP contribution < -0.4 is 0 Å². The minimum Gasteiger partial charge on any atom is -0.331 e. The van der Waals surface area contributed by atoms with Crippen molar-refractivity contribution in [3.8, 4) is 27.9 Å². The molecule has 1 amide bonds. The fourth-order valence-corrected chi connectivity index (χ4v) is 5.21. The summed E-state index contributed by atoms with van der Waals surface area (Å²) in [7, 11) is 1.88. The molecule has 1 aliphatic carbocycles. The van der Waals surface area contributed by atoms with Gasteiger partial charge in [-0.25, -0.2) is 4.39 Å². The Morgan fingerprint density at radius 1 is 1.00 bits per heavy atom. The first-order chi connectivity index (χ1) is 16.0. The molecular weight excluding hydrogens is 413 g/mol. The Bertz CT molecular complexity index is 1420. The van der Waals surface area contributed by atoms with Crippen LogP contribution in [0.2, 0.25) is 0 Å². The number of benzene rings is 2. The summed E-state index contributed by atoms with van der Waals surface area (Å²) in [6.45, 7) is 2.10. The summed E-state index contributed by atoms with van der Waals surface area (Å²) in [6, 6.07) is 19.0. The predicted octanol–water partition coefficient (Wildman–Crippen LogP) is 5.98. The topological polar surface area (TPSA) is 38.1 Å². The summed E-state index contributed by atoms with van der Waals surface area (Å²) >= 11 is 0. The number of pyridine rings is 1. The molecule has 0 bridgehead atoms. The zero-order valence-electron chi connectivity index (χ0n) is 18.7. The fourth-order valence-electron chi connectivity index (χ4n) is 5.21. The molecule has 0 saturated heterocycles.